The first-order valence-corrected chi connectivity index (χ1v) is 7.65. The summed E-state index contributed by atoms with van der Waals surface area (Å²) in [6, 6.07) is 7.66. The van der Waals surface area contributed by atoms with Gasteiger partial charge in [-0.2, -0.15) is 3.89 Å². The lowest BCUT2D eigenvalue weighted by atomic mass is 9.82. The predicted octanol–water partition coefficient (Wildman–Crippen LogP) is 4.36. The minimum absolute atomic E-state index is 0.157. The molecule has 0 saturated carbocycles. The summed E-state index contributed by atoms with van der Waals surface area (Å²) in [6.07, 6.45) is 3.83. The highest BCUT2D eigenvalue weighted by Gasteiger charge is 2.26. The fourth-order valence-electron chi connectivity index (χ4n) is 2.72. The SMILES string of the molecule is CCC(CC)C(c1cccc(SF)c1)c1nncn1C. The Hall–Kier alpha value is -1.36. The number of hydrogen-bond donors (Lipinski definition) is 0. The standard InChI is InChI=1S/C15H20FN3S/c1-4-11(5-2)14(15-18-17-10-19(15)3)12-7-6-8-13(9-12)20-16/h6-11,14H,4-5H2,1-3H3. The van der Waals surface area contributed by atoms with Crippen LogP contribution < -0.4 is 0 Å². The van der Waals surface area contributed by atoms with Crippen LogP contribution >= 0.6 is 12.1 Å². The van der Waals surface area contributed by atoms with Crippen LogP contribution in [0.2, 0.25) is 0 Å². The van der Waals surface area contributed by atoms with Crippen molar-refractivity contribution in [3.63, 3.8) is 0 Å². The maximum atomic E-state index is 12.8. The van der Waals surface area contributed by atoms with Crippen molar-refractivity contribution in [1.29, 1.82) is 0 Å². The summed E-state index contributed by atoms with van der Waals surface area (Å²) in [4.78, 5) is 0.639. The molecule has 108 valence electrons. The molecule has 1 heterocycles. The molecule has 0 fully saturated rings. The van der Waals surface area contributed by atoms with Gasteiger partial charge in [-0.3, -0.25) is 0 Å². The molecule has 3 nitrogen and oxygen atoms in total. The second-order valence-corrected chi connectivity index (χ2v) is 5.63. The summed E-state index contributed by atoms with van der Waals surface area (Å²) in [5, 5.41) is 8.27. The molecule has 0 aliphatic heterocycles. The molecule has 0 amide bonds. The van der Waals surface area contributed by atoms with Gasteiger partial charge in [0, 0.05) is 17.9 Å². The molecule has 0 bridgehead atoms. The molecule has 20 heavy (non-hydrogen) atoms. The third kappa shape index (κ3) is 3.03. The molecule has 0 spiro atoms. The van der Waals surface area contributed by atoms with E-state index in [9.17, 15) is 3.89 Å². The molecule has 0 aliphatic carbocycles. The lowest BCUT2D eigenvalue weighted by Crippen LogP contribution is -2.17. The Morgan fingerprint density at radius 2 is 2.05 bits per heavy atom. The molecule has 5 heteroatoms. The summed E-state index contributed by atoms with van der Waals surface area (Å²) in [6.45, 7) is 4.37. The number of benzene rings is 1. The van der Waals surface area contributed by atoms with Crippen molar-refractivity contribution in [3.8, 4) is 0 Å². The number of aryl methyl sites for hydroxylation is 1. The van der Waals surface area contributed by atoms with Crippen LogP contribution in [0, 0.1) is 5.92 Å². The Morgan fingerprint density at radius 1 is 1.30 bits per heavy atom. The van der Waals surface area contributed by atoms with E-state index in [0.29, 0.717) is 10.8 Å². The molecule has 1 atom stereocenters. The molecule has 1 aromatic carbocycles. The Morgan fingerprint density at radius 3 is 2.60 bits per heavy atom. The average molecular weight is 293 g/mol. The number of hydrogen-bond acceptors (Lipinski definition) is 3. The summed E-state index contributed by atoms with van der Waals surface area (Å²) in [5.41, 5.74) is 1.11. The first-order valence-electron chi connectivity index (χ1n) is 6.93. The molecule has 2 rings (SSSR count). The van der Waals surface area contributed by atoms with Crippen LogP contribution in [0.15, 0.2) is 35.5 Å². The third-order valence-corrected chi connectivity index (χ3v) is 4.28. The normalized spacial score (nSPS) is 12.8. The van der Waals surface area contributed by atoms with E-state index in [4.69, 9.17) is 0 Å². The van der Waals surface area contributed by atoms with E-state index in [1.165, 1.54) is 0 Å². The van der Waals surface area contributed by atoms with Gasteiger partial charge in [0.15, 0.2) is 0 Å². The Kier molecular flexibility index (Phi) is 5.17. The fourth-order valence-corrected chi connectivity index (χ4v) is 3.03. The number of halogens is 1. The smallest absolute Gasteiger partial charge is 0.140 e. The molecular formula is C15H20FN3S. The van der Waals surface area contributed by atoms with Gasteiger partial charge in [-0.1, -0.05) is 38.8 Å². The fraction of sp³-hybridized carbons (Fsp3) is 0.467. The van der Waals surface area contributed by atoms with Crippen LogP contribution in [0.3, 0.4) is 0 Å². The lowest BCUT2D eigenvalue weighted by Gasteiger charge is -2.25. The van der Waals surface area contributed by atoms with Gasteiger partial charge >= 0.3 is 0 Å². The van der Waals surface area contributed by atoms with E-state index >= 15 is 0 Å². The quantitative estimate of drug-likeness (QED) is 0.793. The van der Waals surface area contributed by atoms with Crippen LogP contribution in [0.25, 0.3) is 0 Å². The summed E-state index contributed by atoms with van der Waals surface area (Å²) < 4.78 is 14.8. The number of rotatable bonds is 6. The second-order valence-electron chi connectivity index (χ2n) is 5.00. The van der Waals surface area contributed by atoms with Gasteiger partial charge in [0.25, 0.3) is 0 Å². The van der Waals surface area contributed by atoms with E-state index in [-0.39, 0.29) is 18.1 Å². The molecule has 1 unspecified atom stereocenters. The number of aromatic nitrogens is 3. The Labute approximate surface area is 123 Å². The van der Waals surface area contributed by atoms with Crippen LogP contribution in [0.4, 0.5) is 3.89 Å². The third-order valence-electron chi connectivity index (χ3n) is 3.85. The minimum atomic E-state index is 0.157. The van der Waals surface area contributed by atoms with Crippen LogP contribution in [0.5, 0.6) is 0 Å². The molecule has 2 aromatic rings. The second kappa shape index (κ2) is 6.88. The predicted molar refractivity (Wildman–Crippen MR) is 80.3 cm³/mol. The van der Waals surface area contributed by atoms with E-state index in [1.807, 2.05) is 23.7 Å². The van der Waals surface area contributed by atoms with Crippen molar-refractivity contribution in [3.05, 3.63) is 42.0 Å². The van der Waals surface area contributed by atoms with Gasteiger partial charge in [0.2, 0.25) is 0 Å². The van der Waals surface area contributed by atoms with Crippen molar-refractivity contribution >= 4 is 12.1 Å². The van der Waals surface area contributed by atoms with Crippen LogP contribution in [0.1, 0.15) is 44.0 Å². The summed E-state index contributed by atoms with van der Waals surface area (Å²) in [5.74, 6) is 1.57. The molecule has 0 saturated heterocycles. The van der Waals surface area contributed by atoms with E-state index in [0.717, 1.165) is 24.2 Å². The molecule has 0 aliphatic rings. The van der Waals surface area contributed by atoms with Gasteiger partial charge < -0.3 is 4.57 Å². The topological polar surface area (TPSA) is 30.7 Å². The highest BCUT2D eigenvalue weighted by atomic mass is 32.2. The Balaban J connectivity index is 2.48. The monoisotopic (exact) mass is 293 g/mol. The largest absolute Gasteiger partial charge is 0.320 e. The molecule has 0 N–H and O–H groups in total. The number of nitrogens with zero attached hydrogens (tertiary/aromatic N) is 3. The zero-order valence-corrected chi connectivity index (χ0v) is 12.9. The summed E-state index contributed by atoms with van der Waals surface area (Å²) >= 11 is 0.286. The average Bonchev–Trinajstić information content (AvgIpc) is 2.90. The molecule has 1 aromatic heterocycles. The van der Waals surface area contributed by atoms with Gasteiger partial charge in [-0.05, 0) is 23.6 Å². The van der Waals surface area contributed by atoms with E-state index < -0.39 is 0 Å². The van der Waals surface area contributed by atoms with Crippen molar-refractivity contribution in [2.24, 2.45) is 13.0 Å². The highest BCUT2D eigenvalue weighted by molar-refractivity contribution is 7.94. The van der Waals surface area contributed by atoms with Crippen molar-refractivity contribution < 1.29 is 3.89 Å². The zero-order chi connectivity index (χ0) is 14.5. The lowest BCUT2D eigenvalue weighted by molar-refractivity contribution is 0.417. The van der Waals surface area contributed by atoms with Crippen molar-refractivity contribution in [2.75, 3.05) is 0 Å². The summed E-state index contributed by atoms with van der Waals surface area (Å²) in [7, 11) is 1.96. The van der Waals surface area contributed by atoms with Crippen molar-refractivity contribution in [2.45, 2.75) is 37.5 Å². The maximum absolute atomic E-state index is 12.8. The van der Waals surface area contributed by atoms with Gasteiger partial charge in [0.1, 0.15) is 12.2 Å². The molecule has 0 radical (unpaired) electrons. The van der Waals surface area contributed by atoms with E-state index in [2.05, 4.69) is 30.1 Å². The molecular weight excluding hydrogens is 273 g/mol. The van der Waals surface area contributed by atoms with Crippen LogP contribution in [-0.4, -0.2) is 14.8 Å². The van der Waals surface area contributed by atoms with Gasteiger partial charge in [0.05, 0.1) is 12.1 Å². The van der Waals surface area contributed by atoms with Crippen LogP contribution in [-0.2, 0) is 7.05 Å². The minimum Gasteiger partial charge on any atom is -0.320 e. The van der Waals surface area contributed by atoms with E-state index in [1.54, 1.807) is 12.4 Å². The highest BCUT2D eigenvalue weighted by Crippen LogP contribution is 2.36. The van der Waals surface area contributed by atoms with Gasteiger partial charge in [-0.25, -0.2) is 0 Å². The van der Waals surface area contributed by atoms with Crippen molar-refractivity contribution in [1.82, 2.24) is 14.8 Å². The van der Waals surface area contributed by atoms with Gasteiger partial charge in [-0.15, -0.1) is 10.2 Å². The Bertz CT molecular complexity index is 552. The first-order chi connectivity index (χ1) is 9.71. The zero-order valence-electron chi connectivity index (χ0n) is 12.1. The first kappa shape index (κ1) is 15.0. The maximum Gasteiger partial charge on any atom is 0.140 e.